The molecule has 0 spiro atoms. The van der Waals surface area contributed by atoms with E-state index in [1.165, 1.54) is 16.5 Å². The predicted molar refractivity (Wildman–Crippen MR) is 134 cm³/mol. The maximum absolute atomic E-state index is 4.41. The van der Waals surface area contributed by atoms with Gasteiger partial charge in [0.1, 0.15) is 0 Å². The van der Waals surface area contributed by atoms with E-state index >= 15 is 0 Å². The normalized spacial score (nSPS) is 16.0. The van der Waals surface area contributed by atoms with Gasteiger partial charge in [-0.05, 0) is 59.5 Å². The number of nitrogens with one attached hydrogen (secondary N) is 2. The Balaban J connectivity index is 1.18. The van der Waals surface area contributed by atoms with E-state index in [1.807, 2.05) is 12.3 Å². The first-order valence-corrected chi connectivity index (χ1v) is 11.2. The average Bonchev–Trinajstić information content (AvgIpc) is 3.48. The zero-order chi connectivity index (χ0) is 21.8. The molecule has 2 N–H and O–H groups in total. The standard InChI is InChI=1S/C27H29N5/c1-31-14-16-32(17-15-31)20-23-4-2-21(3-5-23)7-10-25-19-26(30-29-25)11-8-22-6-9-24-12-13-28-27(24)18-22/h2-13,18-19,28H,14-17,20H2,1H3,(H,29,30)/b10-7+,11-8+. The molecule has 162 valence electrons. The zero-order valence-electron chi connectivity index (χ0n) is 18.5. The monoisotopic (exact) mass is 423 g/mol. The summed E-state index contributed by atoms with van der Waals surface area (Å²) in [6.45, 7) is 5.64. The Kier molecular flexibility index (Phi) is 6.01. The molecule has 4 aromatic rings. The molecule has 2 aromatic heterocycles. The van der Waals surface area contributed by atoms with Crippen LogP contribution in [0.1, 0.15) is 28.1 Å². The van der Waals surface area contributed by atoms with Crippen molar-refractivity contribution in [2.45, 2.75) is 6.54 Å². The summed E-state index contributed by atoms with van der Waals surface area (Å²) >= 11 is 0. The smallest absolute Gasteiger partial charge is 0.0854 e. The van der Waals surface area contributed by atoms with Gasteiger partial charge in [-0.2, -0.15) is 5.10 Å². The molecular formula is C27H29N5. The van der Waals surface area contributed by atoms with Crippen LogP contribution in [0.2, 0.25) is 0 Å². The van der Waals surface area contributed by atoms with Gasteiger partial charge in [0.15, 0.2) is 0 Å². The topological polar surface area (TPSA) is 51.0 Å². The van der Waals surface area contributed by atoms with Gasteiger partial charge in [-0.25, -0.2) is 0 Å². The first-order chi connectivity index (χ1) is 15.7. The van der Waals surface area contributed by atoms with Gasteiger partial charge < -0.3 is 9.88 Å². The molecule has 0 atom stereocenters. The molecule has 1 aliphatic heterocycles. The van der Waals surface area contributed by atoms with E-state index in [0.29, 0.717) is 0 Å². The summed E-state index contributed by atoms with van der Waals surface area (Å²) in [5.74, 6) is 0. The number of aromatic nitrogens is 3. The first kappa shape index (κ1) is 20.5. The molecule has 0 saturated carbocycles. The Morgan fingerprint density at radius 1 is 0.844 bits per heavy atom. The van der Waals surface area contributed by atoms with Crippen LogP contribution in [0.4, 0.5) is 0 Å². The minimum atomic E-state index is 0.922. The third kappa shape index (κ3) is 5.07. The second-order valence-electron chi connectivity index (χ2n) is 8.56. The largest absolute Gasteiger partial charge is 0.361 e. The van der Waals surface area contributed by atoms with Gasteiger partial charge in [-0.3, -0.25) is 10.00 Å². The number of piperazine rings is 1. The average molecular weight is 424 g/mol. The van der Waals surface area contributed by atoms with Crippen molar-refractivity contribution in [3.8, 4) is 0 Å². The maximum atomic E-state index is 4.41. The second-order valence-corrected chi connectivity index (χ2v) is 8.56. The summed E-state index contributed by atoms with van der Waals surface area (Å²) in [4.78, 5) is 8.17. The summed E-state index contributed by atoms with van der Waals surface area (Å²) in [7, 11) is 2.20. The molecule has 3 heterocycles. The van der Waals surface area contributed by atoms with E-state index in [2.05, 4.69) is 105 Å². The van der Waals surface area contributed by atoms with Crippen molar-refractivity contribution in [2.75, 3.05) is 33.2 Å². The molecule has 1 aliphatic rings. The highest BCUT2D eigenvalue weighted by Gasteiger charge is 2.13. The van der Waals surface area contributed by atoms with Crippen LogP contribution < -0.4 is 0 Å². The quantitative estimate of drug-likeness (QED) is 0.460. The van der Waals surface area contributed by atoms with Gasteiger partial charge >= 0.3 is 0 Å². The Morgan fingerprint density at radius 2 is 1.62 bits per heavy atom. The van der Waals surface area contributed by atoms with Crippen molar-refractivity contribution in [2.24, 2.45) is 0 Å². The van der Waals surface area contributed by atoms with Crippen molar-refractivity contribution in [1.82, 2.24) is 25.0 Å². The van der Waals surface area contributed by atoms with Gasteiger partial charge in [0.05, 0.1) is 11.4 Å². The highest BCUT2D eigenvalue weighted by atomic mass is 15.2. The summed E-state index contributed by atoms with van der Waals surface area (Å²) in [5.41, 5.74) is 6.77. The fourth-order valence-corrected chi connectivity index (χ4v) is 4.06. The van der Waals surface area contributed by atoms with Gasteiger partial charge in [-0.15, -0.1) is 0 Å². The van der Waals surface area contributed by atoms with Crippen LogP contribution in [0, 0.1) is 0 Å². The van der Waals surface area contributed by atoms with E-state index < -0.39 is 0 Å². The Labute approximate surface area is 189 Å². The number of benzene rings is 2. The van der Waals surface area contributed by atoms with Gasteiger partial charge in [0.25, 0.3) is 0 Å². The summed E-state index contributed by atoms with van der Waals surface area (Å²) < 4.78 is 0. The number of rotatable bonds is 6. The molecule has 5 nitrogen and oxygen atoms in total. The number of fused-ring (bicyclic) bond motifs is 1. The summed E-state index contributed by atoms with van der Waals surface area (Å²) in [5, 5.41) is 8.73. The molecule has 0 aliphatic carbocycles. The van der Waals surface area contributed by atoms with E-state index in [4.69, 9.17) is 0 Å². The van der Waals surface area contributed by atoms with Gasteiger partial charge in [0.2, 0.25) is 0 Å². The molecule has 2 aromatic carbocycles. The number of likely N-dealkylation sites (N-methyl/N-ethyl adjacent to an activating group) is 1. The molecule has 0 amide bonds. The van der Waals surface area contributed by atoms with Gasteiger partial charge in [0, 0.05) is 44.4 Å². The fourth-order valence-electron chi connectivity index (χ4n) is 4.06. The molecule has 5 heteroatoms. The van der Waals surface area contributed by atoms with Crippen molar-refractivity contribution < 1.29 is 0 Å². The lowest BCUT2D eigenvalue weighted by Gasteiger charge is -2.32. The number of hydrogen-bond acceptors (Lipinski definition) is 3. The second kappa shape index (κ2) is 9.39. The molecule has 0 bridgehead atoms. The van der Waals surface area contributed by atoms with Crippen LogP contribution in [-0.2, 0) is 6.54 Å². The van der Waals surface area contributed by atoms with E-state index in [-0.39, 0.29) is 0 Å². The van der Waals surface area contributed by atoms with Crippen LogP contribution in [-0.4, -0.2) is 58.2 Å². The van der Waals surface area contributed by atoms with Crippen LogP contribution >= 0.6 is 0 Å². The Hall–Kier alpha value is -3.41. The van der Waals surface area contributed by atoms with Crippen LogP contribution in [0.5, 0.6) is 0 Å². The Bertz CT molecular complexity index is 1220. The zero-order valence-corrected chi connectivity index (χ0v) is 18.5. The SMILES string of the molecule is CN1CCN(Cc2ccc(/C=C/c3cc(/C=C/c4ccc5cc[nH]c5c4)[nH]n3)cc2)CC1. The molecule has 0 unspecified atom stereocenters. The van der Waals surface area contributed by atoms with E-state index in [1.54, 1.807) is 0 Å². The van der Waals surface area contributed by atoms with Crippen molar-refractivity contribution in [3.05, 3.63) is 88.9 Å². The number of nitrogens with zero attached hydrogens (tertiary/aromatic N) is 3. The summed E-state index contributed by atoms with van der Waals surface area (Å²) in [6, 6.07) is 19.4. The summed E-state index contributed by atoms with van der Waals surface area (Å²) in [6.07, 6.45) is 10.3. The third-order valence-electron chi connectivity index (χ3n) is 6.08. The van der Waals surface area contributed by atoms with Crippen molar-refractivity contribution >= 4 is 35.2 Å². The number of H-pyrrole nitrogens is 2. The van der Waals surface area contributed by atoms with E-state index in [0.717, 1.165) is 55.2 Å². The maximum Gasteiger partial charge on any atom is 0.0854 e. The highest BCUT2D eigenvalue weighted by Crippen LogP contribution is 2.17. The molecule has 32 heavy (non-hydrogen) atoms. The first-order valence-electron chi connectivity index (χ1n) is 11.2. The minimum Gasteiger partial charge on any atom is -0.361 e. The highest BCUT2D eigenvalue weighted by molar-refractivity contribution is 5.83. The lowest BCUT2D eigenvalue weighted by molar-refractivity contribution is 0.148. The van der Waals surface area contributed by atoms with Crippen LogP contribution in [0.3, 0.4) is 0 Å². The third-order valence-corrected chi connectivity index (χ3v) is 6.08. The molecule has 5 rings (SSSR count). The Morgan fingerprint density at radius 3 is 2.47 bits per heavy atom. The molecular weight excluding hydrogens is 394 g/mol. The minimum absolute atomic E-state index is 0.922. The number of hydrogen-bond donors (Lipinski definition) is 2. The lowest BCUT2D eigenvalue weighted by Crippen LogP contribution is -2.43. The van der Waals surface area contributed by atoms with Crippen LogP contribution in [0.25, 0.3) is 35.2 Å². The molecule has 1 fully saturated rings. The van der Waals surface area contributed by atoms with Crippen molar-refractivity contribution in [1.29, 1.82) is 0 Å². The lowest BCUT2D eigenvalue weighted by atomic mass is 10.1. The van der Waals surface area contributed by atoms with Gasteiger partial charge in [-0.1, -0.05) is 48.6 Å². The predicted octanol–water partition coefficient (Wildman–Crippen LogP) is 4.98. The van der Waals surface area contributed by atoms with E-state index in [9.17, 15) is 0 Å². The van der Waals surface area contributed by atoms with Crippen molar-refractivity contribution in [3.63, 3.8) is 0 Å². The number of aromatic amines is 2. The fraction of sp³-hybridized carbons (Fsp3) is 0.222. The molecule has 1 saturated heterocycles. The van der Waals surface area contributed by atoms with Crippen LogP contribution in [0.15, 0.2) is 60.8 Å². The molecule has 0 radical (unpaired) electrons.